The minimum atomic E-state index is -4.06. The number of anilines is 1. The monoisotopic (exact) mass is 476 g/mol. The molecule has 10 heteroatoms. The van der Waals surface area contributed by atoms with E-state index in [9.17, 15) is 8.42 Å². The van der Waals surface area contributed by atoms with E-state index in [1.165, 1.54) is 18.2 Å². The number of sulfonamides is 1. The van der Waals surface area contributed by atoms with Gasteiger partial charge in [-0.2, -0.15) is 4.57 Å². The summed E-state index contributed by atoms with van der Waals surface area (Å²) < 4.78 is 32.5. The van der Waals surface area contributed by atoms with Gasteiger partial charge in [-0.3, -0.25) is 4.72 Å². The molecule has 0 amide bonds. The maximum atomic E-state index is 13.1. The average molecular weight is 477 g/mol. The molecule has 2 aromatic carbocycles. The van der Waals surface area contributed by atoms with Crippen molar-refractivity contribution < 1.29 is 13.0 Å². The van der Waals surface area contributed by atoms with Crippen molar-refractivity contribution in [1.82, 2.24) is 14.5 Å². The molecule has 0 aliphatic carbocycles. The first-order chi connectivity index (χ1) is 14.9. The van der Waals surface area contributed by atoms with Crippen molar-refractivity contribution >= 4 is 50.1 Å². The van der Waals surface area contributed by atoms with Crippen LogP contribution in [0.4, 0.5) is 5.82 Å². The van der Waals surface area contributed by atoms with Crippen LogP contribution in [0.2, 0.25) is 10.0 Å². The molecular weight excluding hydrogens is 457 g/mol. The van der Waals surface area contributed by atoms with Gasteiger partial charge in [-0.1, -0.05) is 48.7 Å². The number of imidazole rings is 1. The van der Waals surface area contributed by atoms with Crippen LogP contribution in [0.25, 0.3) is 16.9 Å². The van der Waals surface area contributed by atoms with Gasteiger partial charge in [0.25, 0.3) is 15.8 Å². The van der Waals surface area contributed by atoms with Gasteiger partial charge in [-0.15, -0.1) is 0 Å². The molecule has 0 spiro atoms. The van der Waals surface area contributed by atoms with E-state index in [4.69, 9.17) is 23.2 Å². The van der Waals surface area contributed by atoms with Crippen LogP contribution >= 0.6 is 23.2 Å². The van der Waals surface area contributed by atoms with Crippen molar-refractivity contribution in [2.45, 2.75) is 31.2 Å². The highest BCUT2D eigenvalue weighted by Gasteiger charge is 2.24. The Morgan fingerprint density at radius 2 is 1.84 bits per heavy atom. The molecule has 2 heterocycles. The summed E-state index contributed by atoms with van der Waals surface area (Å²) in [6.07, 6.45) is 7.69. The zero-order valence-corrected chi connectivity index (χ0v) is 19.0. The van der Waals surface area contributed by atoms with Gasteiger partial charge >= 0.3 is 0 Å². The van der Waals surface area contributed by atoms with Crippen molar-refractivity contribution in [2.24, 2.45) is 0 Å². The van der Waals surface area contributed by atoms with Crippen molar-refractivity contribution in [2.75, 3.05) is 4.72 Å². The van der Waals surface area contributed by atoms with Crippen molar-refractivity contribution in [3.8, 4) is 5.82 Å². The number of aryl methyl sites for hydroxylation is 1. The number of benzene rings is 2. The van der Waals surface area contributed by atoms with E-state index in [2.05, 4.69) is 21.6 Å². The van der Waals surface area contributed by atoms with Crippen LogP contribution < -0.4 is 9.29 Å². The zero-order valence-electron chi connectivity index (χ0n) is 16.7. The van der Waals surface area contributed by atoms with Crippen LogP contribution in [-0.2, 0) is 16.6 Å². The molecule has 7 nitrogen and oxygen atoms in total. The molecule has 0 saturated heterocycles. The van der Waals surface area contributed by atoms with Crippen molar-refractivity contribution in [1.29, 1.82) is 0 Å². The summed E-state index contributed by atoms with van der Waals surface area (Å²) in [6.45, 7) is 2.98. The SMILES string of the molecule is CCCC[n+]1ccn(-c2nc3ccccc3nc2NS(=O)(=O)c2cc(Cl)ccc2Cl)c1. The van der Waals surface area contributed by atoms with E-state index in [1.54, 1.807) is 10.6 Å². The number of nitrogens with one attached hydrogen (secondary N) is 1. The Balaban J connectivity index is 1.81. The molecule has 0 unspecified atom stereocenters. The smallest absolute Gasteiger partial charge is 0.258 e. The lowest BCUT2D eigenvalue weighted by atomic mass is 10.3. The molecule has 0 saturated carbocycles. The Morgan fingerprint density at radius 3 is 2.58 bits per heavy atom. The number of nitrogens with zero attached hydrogens (tertiary/aromatic N) is 4. The predicted molar refractivity (Wildman–Crippen MR) is 121 cm³/mol. The van der Waals surface area contributed by atoms with E-state index < -0.39 is 10.0 Å². The molecule has 0 atom stereocenters. The van der Waals surface area contributed by atoms with E-state index in [-0.39, 0.29) is 20.8 Å². The van der Waals surface area contributed by atoms with Crippen LogP contribution in [0.3, 0.4) is 0 Å². The lowest BCUT2D eigenvalue weighted by Crippen LogP contribution is -2.30. The highest BCUT2D eigenvalue weighted by Crippen LogP contribution is 2.28. The summed E-state index contributed by atoms with van der Waals surface area (Å²) >= 11 is 12.1. The fourth-order valence-electron chi connectivity index (χ4n) is 3.10. The third-order valence-corrected chi connectivity index (χ3v) is 6.73. The Labute approximate surface area is 190 Å². The normalized spacial score (nSPS) is 11.7. The van der Waals surface area contributed by atoms with Gasteiger partial charge in [0.2, 0.25) is 12.1 Å². The van der Waals surface area contributed by atoms with E-state index in [0.717, 1.165) is 19.4 Å². The van der Waals surface area contributed by atoms with Gasteiger partial charge in [0, 0.05) is 5.02 Å². The predicted octanol–water partition coefficient (Wildman–Crippen LogP) is 4.62. The number of hydrogen-bond donors (Lipinski definition) is 1. The highest BCUT2D eigenvalue weighted by atomic mass is 35.5. The fourth-order valence-corrected chi connectivity index (χ4v) is 4.86. The van der Waals surface area contributed by atoms with Crippen LogP contribution in [0.15, 0.2) is 66.1 Å². The molecule has 0 fully saturated rings. The quantitative estimate of drug-likeness (QED) is 0.394. The maximum absolute atomic E-state index is 13.1. The molecule has 4 aromatic rings. The van der Waals surface area contributed by atoms with E-state index in [0.29, 0.717) is 16.9 Å². The van der Waals surface area contributed by atoms with Crippen molar-refractivity contribution in [3.63, 3.8) is 0 Å². The largest absolute Gasteiger partial charge is 0.270 e. The molecule has 160 valence electrons. The summed E-state index contributed by atoms with van der Waals surface area (Å²) in [7, 11) is -4.06. The van der Waals surface area contributed by atoms with Gasteiger partial charge in [0.1, 0.15) is 17.3 Å². The summed E-state index contributed by atoms with van der Waals surface area (Å²) in [5.74, 6) is 0.448. The average Bonchev–Trinajstić information content (AvgIpc) is 3.22. The molecule has 2 aromatic heterocycles. The van der Waals surface area contributed by atoms with Gasteiger partial charge in [0.15, 0.2) is 0 Å². The van der Waals surface area contributed by atoms with Crippen LogP contribution in [0.5, 0.6) is 0 Å². The molecular formula is C21H20Cl2N5O2S+. The minimum absolute atomic E-state index is 0.0607. The number of rotatable bonds is 7. The number of halogens is 2. The standard InChI is InChI=1S/C21H20Cl2N5O2S/c1-2-3-10-27-11-12-28(14-27)21-20(24-17-6-4-5-7-18(17)25-21)26-31(29,30)19-13-15(22)8-9-16(19)23/h4-9,11-14H,2-3,10H2,1H3,(H,24,26)/q+1. The first-order valence-electron chi connectivity index (χ1n) is 9.69. The zero-order chi connectivity index (χ0) is 22.0. The second-order valence-corrected chi connectivity index (χ2v) is 9.47. The number of unbranched alkanes of at least 4 members (excludes halogenated alkanes) is 1. The highest BCUT2D eigenvalue weighted by molar-refractivity contribution is 7.92. The summed E-state index contributed by atoms with van der Waals surface area (Å²) in [6, 6.07) is 11.5. The molecule has 0 bridgehead atoms. The third-order valence-electron chi connectivity index (χ3n) is 4.67. The third kappa shape index (κ3) is 4.66. The number of fused-ring (bicyclic) bond motifs is 1. The van der Waals surface area contributed by atoms with E-state index >= 15 is 0 Å². The molecule has 0 aliphatic rings. The number of aromatic nitrogens is 4. The van der Waals surface area contributed by atoms with Crippen molar-refractivity contribution in [3.05, 3.63) is 71.2 Å². The van der Waals surface area contributed by atoms with Crippen LogP contribution in [0, 0.1) is 0 Å². The van der Waals surface area contributed by atoms with Crippen LogP contribution in [-0.4, -0.2) is 23.0 Å². The number of hydrogen-bond acceptors (Lipinski definition) is 4. The minimum Gasteiger partial charge on any atom is -0.258 e. The second-order valence-electron chi connectivity index (χ2n) is 6.98. The molecule has 1 N–H and O–H groups in total. The fraction of sp³-hybridized carbons (Fsp3) is 0.190. The Morgan fingerprint density at radius 1 is 1.10 bits per heavy atom. The Bertz CT molecular complexity index is 1360. The number of para-hydroxylation sites is 2. The molecule has 4 rings (SSSR count). The van der Waals surface area contributed by atoms with Gasteiger partial charge in [0.05, 0.1) is 22.6 Å². The van der Waals surface area contributed by atoms with Gasteiger partial charge < -0.3 is 0 Å². The Kier molecular flexibility index (Phi) is 6.13. The van der Waals surface area contributed by atoms with Gasteiger partial charge in [-0.25, -0.2) is 23.0 Å². The first kappa shape index (κ1) is 21.5. The lowest BCUT2D eigenvalue weighted by molar-refractivity contribution is -0.696. The van der Waals surface area contributed by atoms with Gasteiger partial charge in [-0.05, 0) is 36.8 Å². The molecule has 0 radical (unpaired) electrons. The first-order valence-corrected chi connectivity index (χ1v) is 11.9. The summed E-state index contributed by atoms with van der Waals surface area (Å²) in [5.41, 5.74) is 1.21. The summed E-state index contributed by atoms with van der Waals surface area (Å²) in [5, 5.41) is 0.322. The van der Waals surface area contributed by atoms with E-state index in [1.807, 2.05) is 41.5 Å². The summed E-state index contributed by atoms with van der Waals surface area (Å²) in [4.78, 5) is 9.05. The molecule has 0 aliphatic heterocycles. The topological polar surface area (TPSA) is 80.8 Å². The Hall–Kier alpha value is -2.68. The second kappa shape index (κ2) is 8.82. The van der Waals surface area contributed by atoms with Crippen LogP contribution in [0.1, 0.15) is 19.8 Å². The molecule has 31 heavy (non-hydrogen) atoms. The maximum Gasteiger partial charge on any atom is 0.270 e. The lowest BCUT2D eigenvalue weighted by Gasteiger charge is -2.11.